The van der Waals surface area contributed by atoms with Crippen molar-refractivity contribution in [2.45, 2.75) is 19.8 Å². The Kier molecular flexibility index (Phi) is 5.99. The van der Waals surface area contributed by atoms with E-state index < -0.39 is 17.9 Å². The SMILES string of the molecule is COC(=O)C1=C(C)NC(C)=C(C(=O)OC)C1c1cc(OC)c(O)c(OC)c1. The van der Waals surface area contributed by atoms with Crippen LogP contribution in [0.2, 0.25) is 0 Å². The number of aromatic hydroxyl groups is 1. The summed E-state index contributed by atoms with van der Waals surface area (Å²) in [5, 5.41) is 13.2. The summed E-state index contributed by atoms with van der Waals surface area (Å²) in [4.78, 5) is 25.0. The fourth-order valence-corrected chi connectivity index (χ4v) is 3.17. The highest BCUT2D eigenvalue weighted by atomic mass is 16.5. The largest absolute Gasteiger partial charge is 0.502 e. The van der Waals surface area contributed by atoms with Gasteiger partial charge in [-0.3, -0.25) is 0 Å². The molecule has 27 heavy (non-hydrogen) atoms. The summed E-state index contributed by atoms with van der Waals surface area (Å²) in [5.74, 6) is -1.87. The molecule has 0 fully saturated rings. The number of phenols is 1. The number of nitrogens with one attached hydrogen (secondary N) is 1. The van der Waals surface area contributed by atoms with Crippen molar-refractivity contribution in [2.75, 3.05) is 28.4 Å². The van der Waals surface area contributed by atoms with Crippen LogP contribution in [0.1, 0.15) is 25.3 Å². The monoisotopic (exact) mass is 377 g/mol. The first-order valence-corrected chi connectivity index (χ1v) is 8.10. The molecule has 1 heterocycles. The first-order chi connectivity index (χ1) is 12.8. The zero-order chi connectivity index (χ0) is 20.3. The Hall–Kier alpha value is -3.16. The molecule has 0 saturated carbocycles. The number of dihydropyridines is 1. The third-order valence-corrected chi connectivity index (χ3v) is 4.41. The summed E-state index contributed by atoms with van der Waals surface area (Å²) in [6.45, 7) is 3.43. The molecule has 0 amide bonds. The summed E-state index contributed by atoms with van der Waals surface area (Å²) in [5.41, 5.74) is 2.09. The predicted molar refractivity (Wildman–Crippen MR) is 96.5 cm³/mol. The molecule has 0 radical (unpaired) electrons. The predicted octanol–water partition coefficient (Wildman–Crippen LogP) is 1.99. The molecule has 2 N–H and O–H groups in total. The number of hydrogen-bond acceptors (Lipinski definition) is 8. The smallest absolute Gasteiger partial charge is 0.336 e. The molecule has 0 bridgehead atoms. The van der Waals surface area contributed by atoms with Gasteiger partial charge in [0.15, 0.2) is 11.5 Å². The van der Waals surface area contributed by atoms with Crippen molar-refractivity contribution < 1.29 is 33.6 Å². The van der Waals surface area contributed by atoms with Crippen molar-refractivity contribution >= 4 is 11.9 Å². The Labute approximate surface area is 157 Å². The van der Waals surface area contributed by atoms with Crippen LogP contribution in [0, 0.1) is 0 Å². The molecule has 0 spiro atoms. The Morgan fingerprint density at radius 3 is 1.63 bits per heavy atom. The van der Waals surface area contributed by atoms with E-state index in [0.717, 1.165) is 0 Å². The second-order valence-electron chi connectivity index (χ2n) is 5.89. The molecule has 0 aliphatic carbocycles. The molecule has 0 unspecified atom stereocenters. The molecular formula is C19H23NO7. The molecule has 0 saturated heterocycles. The molecule has 1 aromatic carbocycles. The molecule has 0 aromatic heterocycles. The Morgan fingerprint density at radius 1 is 0.889 bits per heavy atom. The number of ether oxygens (including phenoxy) is 4. The van der Waals surface area contributed by atoms with Gasteiger partial charge < -0.3 is 29.4 Å². The van der Waals surface area contributed by atoms with Gasteiger partial charge in [-0.2, -0.15) is 0 Å². The summed E-state index contributed by atoms with van der Waals surface area (Å²) >= 11 is 0. The first-order valence-electron chi connectivity index (χ1n) is 8.10. The number of carbonyl (C=O) groups is 2. The number of methoxy groups -OCH3 is 4. The molecule has 2 rings (SSSR count). The molecule has 1 aliphatic rings. The maximum absolute atomic E-state index is 12.5. The second-order valence-corrected chi connectivity index (χ2v) is 5.89. The van der Waals surface area contributed by atoms with Crippen LogP contribution in [0.5, 0.6) is 17.2 Å². The normalized spacial score (nSPS) is 14.6. The van der Waals surface area contributed by atoms with Gasteiger partial charge >= 0.3 is 11.9 Å². The van der Waals surface area contributed by atoms with Gasteiger partial charge in [-0.15, -0.1) is 0 Å². The summed E-state index contributed by atoms with van der Waals surface area (Å²) in [7, 11) is 5.32. The minimum Gasteiger partial charge on any atom is -0.502 e. The standard InChI is InChI=1S/C19H23NO7/c1-9-14(18(22)26-5)16(15(10(2)20-9)19(23)27-6)11-7-12(24-3)17(21)13(8-11)25-4/h7-8,16,20-21H,1-6H3. The van der Waals surface area contributed by atoms with E-state index in [-0.39, 0.29) is 28.4 Å². The van der Waals surface area contributed by atoms with Crippen LogP contribution in [0.3, 0.4) is 0 Å². The zero-order valence-electron chi connectivity index (χ0n) is 16.1. The van der Waals surface area contributed by atoms with Gasteiger partial charge in [-0.05, 0) is 31.5 Å². The van der Waals surface area contributed by atoms with Crippen LogP contribution in [0.25, 0.3) is 0 Å². The number of hydrogen-bond donors (Lipinski definition) is 2. The fourth-order valence-electron chi connectivity index (χ4n) is 3.17. The van der Waals surface area contributed by atoms with Gasteiger partial charge in [-0.1, -0.05) is 0 Å². The van der Waals surface area contributed by atoms with Crippen LogP contribution in [-0.2, 0) is 19.1 Å². The number of benzene rings is 1. The average Bonchev–Trinajstić information content (AvgIpc) is 2.66. The van der Waals surface area contributed by atoms with Crippen molar-refractivity contribution in [2.24, 2.45) is 0 Å². The summed E-state index contributed by atoms with van der Waals surface area (Å²) < 4.78 is 20.3. The van der Waals surface area contributed by atoms with Crippen molar-refractivity contribution in [3.8, 4) is 17.2 Å². The molecule has 8 heteroatoms. The maximum Gasteiger partial charge on any atom is 0.336 e. The van der Waals surface area contributed by atoms with E-state index in [4.69, 9.17) is 18.9 Å². The van der Waals surface area contributed by atoms with E-state index >= 15 is 0 Å². The van der Waals surface area contributed by atoms with Crippen molar-refractivity contribution in [3.63, 3.8) is 0 Å². The fraction of sp³-hybridized carbons (Fsp3) is 0.368. The van der Waals surface area contributed by atoms with Crippen LogP contribution in [0.15, 0.2) is 34.7 Å². The third-order valence-electron chi connectivity index (χ3n) is 4.41. The minimum absolute atomic E-state index is 0.145. The maximum atomic E-state index is 12.5. The van der Waals surface area contributed by atoms with E-state index in [1.807, 2.05) is 0 Å². The number of esters is 2. The lowest BCUT2D eigenvalue weighted by Gasteiger charge is -2.30. The van der Waals surface area contributed by atoms with Gasteiger partial charge in [-0.25, -0.2) is 9.59 Å². The summed E-state index contributed by atoms with van der Waals surface area (Å²) in [6.07, 6.45) is 0. The molecule has 8 nitrogen and oxygen atoms in total. The Bertz CT molecular complexity index is 775. The van der Waals surface area contributed by atoms with Crippen LogP contribution in [-0.4, -0.2) is 45.5 Å². The van der Waals surface area contributed by atoms with Gasteiger partial charge in [0.2, 0.25) is 5.75 Å². The van der Waals surface area contributed by atoms with Crippen LogP contribution in [0.4, 0.5) is 0 Å². The third kappa shape index (κ3) is 3.55. The lowest BCUT2D eigenvalue weighted by atomic mass is 9.80. The lowest BCUT2D eigenvalue weighted by molar-refractivity contribution is -0.137. The van der Waals surface area contributed by atoms with Crippen molar-refractivity contribution in [1.29, 1.82) is 0 Å². The molecule has 1 aromatic rings. The van der Waals surface area contributed by atoms with E-state index in [1.165, 1.54) is 28.4 Å². The highest BCUT2D eigenvalue weighted by molar-refractivity contribution is 5.99. The van der Waals surface area contributed by atoms with E-state index in [9.17, 15) is 14.7 Å². The number of carbonyl (C=O) groups excluding carboxylic acids is 2. The highest BCUT2D eigenvalue weighted by Crippen LogP contribution is 2.45. The zero-order valence-corrected chi connectivity index (χ0v) is 16.1. The van der Waals surface area contributed by atoms with E-state index in [1.54, 1.807) is 26.0 Å². The van der Waals surface area contributed by atoms with Gasteiger partial charge in [0, 0.05) is 11.4 Å². The number of rotatable bonds is 5. The van der Waals surface area contributed by atoms with Crippen molar-refractivity contribution in [3.05, 3.63) is 40.2 Å². The molecule has 0 atom stereocenters. The average molecular weight is 377 g/mol. The van der Waals surface area contributed by atoms with Crippen molar-refractivity contribution in [1.82, 2.24) is 5.32 Å². The van der Waals surface area contributed by atoms with Gasteiger partial charge in [0.1, 0.15) is 0 Å². The number of allylic oxidation sites excluding steroid dienone is 2. The van der Waals surface area contributed by atoms with Crippen LogP contribution < -0.4 is 14.8 Å². The molecule has 146 valence electrons. The lowest BCUT2D eigenvalue weighted by Crippen LogP contribution is -2.32. The highest BCUT2D eigenvalue weighted by Gasteiger charge is 2.38. The van der Waals surface area contributed by atoms with Gasteiger partial charge in [0.05, 0.1) is 45.5 Å². The second kappa shape index (κ2) is 8.03. The Morgan fingerprint density at radius 2 is 1.30 bits per heavy atom. The molecule has 1 aliphatic heterocycles. The van der Waals surface area contributed by atoms with E-state index in [0.29, 0.717) is 17.0 Å². The van der Waals surface area contributed by atoms with Crippen LogP contribution >= 0.6 is 0 Å². The summed E-state index contributed by atoms with van der Waals surface area (Å²) in [6, 6.07) is 3.08. The minimum atomic E-state index is -0.797. The first kappa shape index (κ1) is 20.2. The van der Waals surface area contributed by atoms with Gasteiger partial charge in [0.25, 0.3) is 0 Å². The topological polar surface area (TPSA) is 103 Å². The Balaban J connectivity index is 2.81. The number of phenolic OH excluding ortho intramolecular Hbond substituents is 1. The quantitative estimate of drug-likeness (QED) is 0.751. The van der Waals surface area contributed by atoms with E-state index in [2.05, 4.69) is 5.32 Å². The molecular weight excluding hydrogens is 354 g/mol.